The van der Waals surface area contributed by atoms with Crippen molar-refractivity contribution in [1.29, 1.82) is 0 Å². The number of aryl methyl sites for hydroxylation is 1. The van der Waals surface area contributed by atoms with Gasteiger partial charge in [0.15, 0.2) is 0 Å². The van der Waals surface area contributed by atoms with Crippen LogP contribution in [-0.2, 0) is 13.6 Å². The van der Waals surface area contributed by atoms with E-state index in [9.17, 15) is 0 Å². The Kier molecular flexibility index (Phi) is 3.13. The van der Waals surface area contributed by atoms with E-state index in [0.717, 1.165) is 12.2 Å². The van der Waals surface area contributed by atoms with Crippen molar-refractivity contribution in [3.63, 3.8) is 0 Å². The van der Waals surface area contributed by atoms with Gasteiger partial charge in [-0.3, -0.25) is 4.68 Å². The molecule has 0 amide bonds. The molecule has 2 heterocycles. The molecule has 0 saturated carbocycles. The first-order valence-corrected chi connectivity index (χ1v) is 5.79. The fourth-order valence-corrected chi connectivity index (χ4v) is 1.92. The highest BCUT2D eigenvalue weighted by Crippen LogP contribution is 2.11. The Hall–Kier alpha value is -1.20. The summed E-state index contributed by atoms with van der Waals surface area (Å²) < 4.78 is 1.82. The summed E-state index contributed by atoms with van der Waals surface area (Å²) in [6.07, 6.45) is 3.91. The molecule has 0 radical (unpaired) electrons. The Morgan fingerprint density at radius 1 is 1.60 bits per heavy atom. The van der Waals surface area contributed by atoms with Crippen LogP contribution in [0.5, 0.6) is 0 Å². The normalized spacial score (nSPS) is 12.9. The summed E-state index contributed by atoms with van der Waals surface area (Å²) in [7, 11) is 1.93. The molecule has 4 nitrogen and oxygen atoms in total. The maximum Gasteiger partial charge on any atom is 0.0795 e. The summed E-state index contributed by atoms with van der Waals surface area (Å²) in [6, 6.07) is 0.306. The Bertz CT molecular complexity index is 407. The van der Waals surface area contributed by atoms with Crippen molar-refractivity contribution in [2.45, 2.75) is 19.5 Å². The van der Waals surface area contributed by atoms with Gasteiger partial charge in [0.1, 0.15) is 0 Å². The molecule has 2 aromatic rings. The first-order chi connectivity index (χ1) is 7.25. The topological polar surface area (TPSA) is 42.7 Å². The lowest BCUT2D eigenvalue weighted by Crippen LogP contribution is -2.17. The van der Waals surface area contributed by atoms with Crippen LogP contribution in [0.15, 0.2) is 23.3 Å². The monoisotopic (exact) mass is 222 g/mol. The summed E-state index contributed by atoms with van der Waals surface area (Å²) in [6.45, 7) is 2.93. The van der Waals surface area contributed by atoms with E-state index in [0.29, 0.717) is 6.04 Å². The van der Waals surface area contributed by atoms with Gasteiger partial charge in [-0.1, -0.05) is 0 Å². The van der Waals surface area contributed by atoms with Crippen LogP contribution in [0.4, 0.5) is 0 Å². The van der Waals surface area contributed by atoms with Gasteiger partial charge in [-0.25, -0.2) is 4.98 Å². The summed E-state index contributed by atoms with van der Waals surface area (Å²) in [5.74, 6) is 0. The number of hydrogen-bond acceptors (Lipinski definition) is 4. The van der Waals surface area contributed by atoms with Gasteiger partial charge < -0.3 is 5.32 Å². The van der Waals surface area contributed by atoms with Crippen molar-refractivity contribution >= 4 is 11.3 Å². The molecular weight excluding hydrogens is 208 g/mol. The summed E-state index contributed by atoms with van der Waals surface area (Å²) in [5, 5.41) is 9.61. The number of thiazole rings is 1. The van der Waals surface area contributed by atoms with E-state index in [4.69, 9.17) is 0 Å². The maximum absolute atomic E-state index is 4.22. The third-order valence-electron chi connectivity index (χ3n) is 2.30. The van der Waals surface area contributed by atoms with Gasteiger partial charge in [0.2, 0.25) is 0 Å². The van der Waals surface area contributed by atoms with Crippen LogP contribution in [-0.4, -0.2) is 14.8 Å². The predicted molar refractivity (Wildman–Crippen MR) is 60.6 cm³/mol. The number of nitrogens with one attached hydrogen (secondary N) is 1. The fourth-order valence-electron chi connectivity index (χ4n) is 1.36. The van der Waals surface area contributed by atoms with E-state index in [-0.39, 0.29) is 0 Å². The van der Waals surface area contributed by atoms with E-state index >= 15 is 0 Å². The van der Waals surface area contributed by atoms with Crippen molar-refractivity contribution in [3.8, 4) is 0 Å². The van der Waals surface area contributed by atoms with Crippen molar-refractivity contribution in [2.24, 2.45) is 7.05 Å². The van der Waals surface area contributed by atoms with Gasteiger partial charge in [0, 0.05) is 36.8 Å². The van der Waals surface area contributed by atoms with Crippen molar-refractivity contribution in [3.05, 3.63) is 34.5 Å². The highest BCUT2D eigenvalue weighted by atomic mass is 32.1. The lowest BCUT2D eigenvalue weighted by molar-refractivity contribution is 0.568. The molecule has 0 aliphatic heterocycles. The van der Waals surface area contributed by atoms with E-state index in [2.05, 4.69) is 27.7 Å². The molecule has 2 aromatic heterocycles. The zero-order valence-electron chi connectivity index (χ0n) is 8.84. The second kappa shape index (κ2) is 4.55. The molecule has 0 fully saturated rings. The summed E-state index contributed by atoms with van der Waals surface area (Å²) in [5.41, 5.74) is 4.15. The number of rotatable bonds is 4. The van der Waals surface area contributed by atoms with Crippen LogP contribution in [0.2, 0.25) is 0 Å². The lowest BCUT2D eigenvalue weighted by Gasteiger charge is -2.10. The lowest BCUT2D eigenvalue weighted by atomic mass is 10.2. The average molecular weight is 222 g/mol. The molecule has 1 atom stereocenters. The van der Waals surface area contributed by atoms with Crippen LogP contribution in [0.1, 0.15) is 24.2 Å². The van der Waals surface area contributed by atoms with Gasteiger partial charge in [-0.2, -0.15) is 5.10 Å². The Balaban J connectivity index is 1.90. The molecule has 1 unspecified atom stereocenters. The van der Waals surface area contributed by atoms with Crippen LogP contribution in [0.25, 0.3) is 0 Å². The van der Waals surface area contributed by atoms with E-state index in [1.807, 2.05) is 29.6 Å². The van der Waals surface area contributed by atoms with Crippen molar-refractivity contribution in [1.82, 2.24) is 20.1 Å². The SMILES string of the molecule is CC(NCc1cscn1)c1cnn(C)c1. The number of nitrogens with zero attached hydrogens (tertiary/aromatic N) is 3. The number of hydrogen-bond donors (Lipinski definition) is 1. The minimum absolute atomic E-state index is 0.306. The number of aromatic nitrogens is 3. The van der Waals surface area contributed by atoms with E-state index in [1.165, 1.54) is 5.56 Å². The standard InChI is InChI=1S/C10H14N4S/c1-8(9-3-13-14(2)5-9)11-4-10-6-15-7-12-10/h3,5-8,11H,4H2,1-2H3. The third kappa shape index (κ3) is 2.64. The average Bonchev–Trinajstić information content (AvgIpc) is 2.84. The van der Waals surface area contributed by atoms with Crippen LogP contribution >= 0.6 is 11.3 Å². The zero-order valence-corrected chi connectivity index (χ0v) is 9.66. The van der Waals surface area contributed by atoms with E-state index in [1.54, 1.807) is 11.3 Å². The second-order valence-corrected chi connectivity index (χ2v) is 4.25. The van der Waals surface area contributed by atoms with Crippen LogP contribution in [0, 0.1) is 0 Å². The summed E-state index contributed by atoms with van der Waals surface area (Å²) in [4.78, 5) is 4.22. The second-order valence-electron chi connectivity index (χ2n) is 3.53. The molecule has 0 bridgehead atoms. The minimum atomic E-state index is 0.306. The van der Waals surface area contributed by atoms with Crippen molar-refractivity contribution in [2.75, 3.05) is 0 Å². The smallest absolute Gasteiger partial charge is 0.0795 e. The van der Waals surface area contributed by atoms with Gasteiger partial charge in [0.25, 0.3) is 0 Å². The van der Waals surface area contributed by atoms with Crippen LogP contribution in [0.3, 0.4) is 0 Å². The molecule has 1 N–H and O–H groups in total. The molecule has 0 spiro atoms. The largest absolute Gasteiger partial charge is 0.304 e. The molecule has 15 heavy (non-hydrogen) atoms. The third-order valence-corrected chi connectivity index (χ3v) is 2.93. The molecule has 5 heteroatoms. The van der Waals surface area contributed by atoms with Crippen LogP contribution < -0.4 is 5.32 Å². The highest BCUT2D eigenvalue weighted by Gasteiger charge is 2.06. The van der Waals surface area contributed by atoms with E-state index < -0.39 is 0 Å². The minimum Gasteiger partial charge on any atom is -0.304 e. The quantitative estimate of drug-likeness (QED) is 0.856. The molecule has 0 aliphatic rings. The first-order valence-electron chi connectivity index (χ1n) is 4.84. The molecule has 2 rings (SSSR count). The zero-order chi connectivity index (χ0) is 10.7. The van der Waals surface area contributed by atoms with Gasteiger partial charge in [-0.15, -0.1) is 11.3 Å². The molecule has 80 valence electrons. The first kappa shape index (κ1) is 10.3. The molecule has 0 aromatic carbocycles. The Morgan fingerprint density at radius 3 is 3.07 bits per heavy atom. The summed E-state index contributed by atoms with van der Waals surface area (Å²) >= 11 is 1.62. The molecule has 0 saturated heterocycles. The fraction of sp³-hybridized carbons (Fsp3) is 0.400. The Labute approximate surface area is 93.0 Å². The highest BCUT2D eigenvalue weighted by molar-refractivity contribution is 7.07. The van der Waals surface area contributed by atoms with Gasteiger partial charge in [0.05, 0.1) is 17.4 Å². The molecule has 0 aliphatic carbocycles. The van der Waals surface area contributed by atoms with Crippen molar-refractivity contribution < 1.29 is 0 Å². The van der Waals surface area contributed by atoms with Gasteiger partial charge >= 0.3 is 0 Å². The molecular formula is C10H14N4S. The Morgan fingerprint density at radius 2 is 2.47 bits per heavy atom. The van der Waals surface area contributed by atoms with Gasteiger partial charge in [-0.05, 0) is 6.92 Å². The maximum atomic E-state index is 4.22. The predicted octanol–water partition coefficient (Wildman–Crippen LogP) is 1.73.